The van der Waals surface area contributed by atoms with Crippen molar-refractivity contribution >= 4 is 17.1 Å². The zero-order chi connectivity index (χ0) is 8.55. The highest BCUT2D eigenvalue weighted by Gasteiger charge is 2.18. The van der Waals surface area contributed by atoms with E-state index in [1.54, 1.807) is 6.92 Å². The van der Waals surface area contributed by atoms with E-state index in [1.165, 1.54) is 11.3 Å². The van der Waals surface area contributed by atoms with Crippen LogP contribution in [0.1, 0.15) is 28.6 Å². The maximum atomic E-state index is 11.1. The molecule has 64 valence electrons. The predicted octanol–water partition coefficient (Wildman–Crippen LogP) is 2.28. The van der Waals surface area contributed by atoms with Crippen molar-refractivity contribution < 1.29 is 9.53 Å². The van der Waals surface area contributed by atoms with Crippen LogP contribution in [0.3, 0.4) is 0 Å². The lowest BCUT2D eigenvalue weighted by Crippen LogP contribution is -2.08. The fraction of sp³-hybridized carbons (Fsp3) is 0.444. The van der Waals surface area contributed by atoms with E-state index < -0.39 is 0 Å². The first kappa shape index (κ1) is 7.80. The molecule has 2 rings (SSSR count). The van der Waals surface area contributed by atoms with Gasteiger partial charge < -0.3 is 4.74 Å². The molecule has 0 unspecified atom stereocenters. The molecule has 0 aliphatic carbocycles. The highest BCUT2D eigenvalue weighted by Crippen LogP contribution is 2.33. The SMILES string of the molecule is CC(=O)c1scc2c1CCCO2. The van der Waals surface area contributed by atoms with Gasteiger partial charge in [0.05, 0.1) is 11.5 Å². The van der Waals surface area contributed by atoms with Gasteiger partial charge in [-0.2, -0.15) is 0 Å². The van der Waals surface area contributed by atoms with Crippen molar-refractivity contribution in [2.75, 3.05) is 6.61 Å². The largest absolute Gasteiger partial charge is 0.492 e. The number of Topliss-reactive ketones (excluding diaryl/α,β-unsaturated/α-hetero) is 1. The van der Waals surface area contributed by atoms with Crippen molar-refractivity contribution in [2.24, 2.45) is 0 Å². The lowest BCUT2D eigenvalue weighted by molar-refractivity contribution is 0.102. The Bertz CT molecular complexity index is 314. The van der Waals surface area contributed by atoms with Crippen molar-refractivity contribution in [1.82, 2.24) is 0 Å². The molecule has 2 nitrogen and oxygen atoms in total. The summed E-state index contributed by atoms with van der Waals surface area (Å²) in [6.07, 6.45) is 2.03. The van der Waals surface area contributed by atoms with Gasteiger partial charge in [-0.3, -0.25) is 4.79 Å². The van der Waals surface area contributed by atoms with E-state index in [9.17, 15) is 4.79 Å². The van der Waals surface area contributed by atoms with Crippen molar-refractivity contribution in [3.05, 3.63) is 15.8 Å². The summed E-state index contributed by atoms with van der Waals surface area (Å²) in [6, 6.07) is 0. The molecule has 1 aromatic heterocycles. The molecule has 0 saturated heterocycles. The maximum absolute atomic E-state index is 11.1. The number of fused-ring (bicyclic) bond motifs is 1. The van der Waals surface area contributed by atoms with Crippen LogP contribution < -0.4 is 4.74 Å². The van der Waals surface area contributed by atoms with Gasteiger partial charge in [0.1, 0.15) is 5.75 Å². The van der Waals surface area contributed by atoms with Crippen molar-refractivity contribution in [2.45, 2.75) is 19.8 Å². The summed E-state index contributed by atoms with van der Waals surface area (Å²) in [5.74, 6) is 1.09. The zero-order valence-electron chi connectivity index (χ0n) is 6.92. The normalized spacial score (nSPS) is 15.1. The number of carbonyl (C=O) groups excluding carboxylic acids is 1. The molecular weight excluding hydrogens is 172 g/mol. The first-order valence-corrected chi connectivity index (χ1v) is 4.91. The van der Waals surface area contributed by atoms with Crippen LogP contribution >= 0.6 is 11.3 Å². The van der Waals surface area contributed by atoms with E-state index in [-0.39, 0.29) is 5.78 Å². The number of carbonyl (C=O) groups is 1. The van der Waals surface area contributed by atoms with Crippen LogP contribution in [-0.2, 0) is 6.42 Å². The van der Waals surface area contributed by atoms with E-state index in [2.05, 4.69) is 0 Å². The van der Waals surface area contributed by atoms with Gasteiger partial charge in [0.25, 0.3) is 0 Å². The van der Waals surface area contributed by atoms with Crippen LogP contribution in [0, 0.1) is 0 Å². The topological polar surface area (TPSA) is 26.3 Å². The third kappa shape index (κ3) is 1.14. The van der Waals surface area contributed by atoms with Gasteiger partial charge in [-0.25, -0.2) is 0 Å². The Hall–Kier alpha value is -0.830. The highest BCUT2D eigenvalue weighted by atomic mass is 32.1. The van der Waals surface area contributed by atoms with Crippen LogP contribution in [0.25, 0.3) is 0 Å². The molecule has 0 saturated carbocycles. The Morgan fingerprint density at radius 3 is 3.25 bits per heavy atom. The smallest absolute Gasteiger partial charge is 0.170 e. The van der Waals surface area contributed by atoms with Crippen LogP contribution in [0.4, 0.5) is 0 Å². The quantitative estimate of drug-likeness (QED) is 0.623. The van der Waals surface area contributed by atoms with Crippen LogP contribution in [-0.4, -0.2) is 12.4 Å². The van der Waals surface area contributed by atoms with Crippen molar-refractivity contribution in [1.29, 1.82) is 0 Å². The highest BCUT2D eigenvalue weighted by molar-refractivity contribution is 7.12. The van der Waals surface area contributed by atoms with Gasteiger partial charge in [0.15, 0.2) is 5.78 Å². The maximum Gasteiger partial charge on any atom is 0.170 e. The van der Waals surface area contributed by atoms with Gasteiger partial charge in [-0.1, -0.05) is 0 Å². The minimum Gasteiger partial charge on any atom is -0.492 e. The number of hydrogen-bond donors (Lipinski definition) is 0. The van der Waals surface area contributed by atoms with Crippen LogP contribution in [0.15, 0.2) is 5.38 Å². The van der Waals surface area contributed by atoms with Gasteiger partial charge >= 0.3 is 0 Å². The van der Waals surface area contributed by atoms with Gasteiger partial charge in [-0.05, 0) is 19.8 Å². The molecule has 0 atom stereocenters. The molecule has 3 heteroatoms. The summed E-state index contributed by atoms with van der Waals surface area (Å²) >= 11 is 1.50. The third-order valence-electron chi connectivity index (χ3n) is 2.00. The summed E-state index contributed by atoms with van der Waals surface area (Å²) in [6.45, 7) is 2.40. The lowest BCUT2D eigenvalue weighted by atomic mass is 10.1. The van der Waals surface area contributed by atoms with Crippen LogP contribution in [0.2, 0.25) is 0 Å². The third-order valence-corrected chi connectivity index (χ3v) is 3.11. The minimum atomic E-state index is 0.159. The number of hydrogen-bond acceptors (Lipinski definition) is 3. The standard InChI is InChI=1S/C9H10O2S/c1-6(10)9-7-3-2-4-11-8(7)5-12-9/h5H,2-4H2,1H3. The second-order valence-corrected chi connectivity index (χ2v) is 3.80. The summed E-state index contributed by atoms with van der Waals surface area (Å²) < 4.78 is 5.41. The molecule has 0 fully saturated rings. The molecule has 0 aromatic carbocycles. The molecule has 1 aliphatic rings. The molecule has 0 N–H and O–H groups in total. The van der Waals surface area contributed by atoms with Crippen LogP contribution in [0.5, 0.6) is 5.75 Å². The second-order valence-electron chi connectivity index (χ2n) is 2.92. The number of rotatable bonds is 1. The van der Waals surface area contributed by atoms with E-state index in [0.717, 1.165) is 35.6 Å². The molecule has 0 radical (unpaired) electrons. The molecule has 1 aromatic rings. The molecular formula is C9H10O2S. The van der Waals surface area contributed by atoms with E-state index in [0.29, 0.717) is 0 Å². The average Bonchev–Trinajstić information content (AvgIpc) is 2.47. The predicted molar refractivity (Wildman–Crippen MR) is 48.1 cm³/mol. The fourth-order valence-electron chi connectivity index (χ4n) is 1.45. The van der Waals surface area contributed by atoms with E-state index >= 15 is 0 Å². The van der Waals surface area contributed by atoms with Gasteiger partial charge in [0, 0.05) is 10.9 Å². The number of ketones is 1. The van der Waals surface area contributed by atoms with E-state index in [4.69, 9.17) is 4.74 Å². The summed E-state index contributed by atoms with van der Waals surface area (Å²) in [5.41, 5.74) is 1.12. The monoisotopic (exact) mass is 182 g/mol. The minimum absolute atomic E-state index is 0.159. The summed E-state index contributed by atoms with van der Waals surface area (Å²) in [5, 5.41) is 1.94. The fourth-order valence-corrected chi connectivity index (χ4v) is 2.40. The lowest BCUT2D eigenvalue weighted by Gasteiger charge is -2.13. The first-order valence-electron chi connectivity index (χ1n) is 4.03. The number of thiophene rings is 1. The first-order chi connectivity index (χ1) is 5.79. The summed E-state index contributed by atoms with van der Waals surface area (Å²) in [7, 11) is 0. The Balaban J connectivity index is 2.44. The average molecular weight is 182 g/mol. The number of ether oxygens (including phenoxy) is 1. The van der Waals surface area contributed by atoms with Crippen molar-refractivity contribution in [3.8, 4) is 5.75 Å². The molecule has 0 bridgehead atoms. The Kier molecular flexibility index (Phi) is 1.89. The zero-order valence-corrected chi connectivity index (χ0v) is 7.74. The Morgan fingerprint density at radius 2 is 2.50 bits per heavy atom. The molecule has 0 spiro atoms. The Morgan fingerprint density at radius 1 is 1.67 bits per heavy atom. The van der Waals surface area contributed by atoms with Crippen molar-refractivity contribution in [3.63, 3.8) is 0 Å². The molecule has 2 heterocycles. The van der Waals surface area contributed by atoms with Gasteiger partial charge in [0.2, 0.25) is 0 Å². The Labute approximate surface area is 75.2 Å². The second kappa shape index (κ2) is 2.90. The molecule has 1 aliphatic heterocycles. The summed E-state index contributed by atoms with van der Waals surface area (Å²) in [4.78, 5) is 12.0. The van der Waals surface area contributed by atoms with Gasteiger partial charge in [-0.15, -0.1) is 11.3 Å². The molecule has 0 amide bonds. The molecule has 12 heavy (non-hydrogen) atoms. The van der Waals surface area contributed by atoms with E-state index in [1.807, 2.05) is 5.38 Å².